The monoisotopic (exact) mass is 356 g/mol. The normalized spacial score (nSPS) is 11.5. The van der Waals surface area contributed by atoms with Crippen LogP contribution in [0.4, 0.5) is 0 Å². The zero-order chi connectivity index (χ0) is 18.3. The number of carbonyl (C=O) groups is 2. The molecular weight excluding hydrogens is 332 g/mol. The summed E-state index contributed by atoms with van der Waals surface area (Å²) in [6, 6.07) is 5.80. The van der Waals surface area contributed by atoms with Gasteiger partial charge in [-0.3, -0.25) is 9.59 Å². The van der Waals surface area contributed by atoms with Gasteiger partial charge in [-0.25, -0.2) is 8.42 Å². The summed E-state index contributed by atoms with van der Waals surface area (Å²) in [6.45, 7) is 4.62. The molecule has 0 saturated carbocycles. The van der Waals surface area contributed by atoms with Crippen molar-refractivity contribution in [3.8, 4) is 0 Å². The molecule has 0 heterocycles. The van der Waals surface area contributed by atoms with Crippen molar-refractivity contribution in [1.82, 2.24) is 9.21 Å². The van der Waals surface area contributed by atoms with Gasteiger partial charge >= 0.3 is 5.97 Å². The standard InChI is InChI=1S/C16H24N2O5S/c1-4-18(5-2)24(22,23)14-10-8-13(9-11-14)16(21)17(3)12-6-7-15(19)20/h8-11H,4-7,12H2,1-3H3,(H,19,20). The fourth-order valence-corrected chi connectivity index (χ4v) is 3.73. The average molecular weight is 356 g/mol. The first-order valence-electron chi connectivity index (χ1n) is 7.81. The van der Waals surface area contributed by atoms with Gasteiger partial charge in [0, 0.05) is 38.7 Å². The van der Waals surface area contributed by atoms with Gasteiger partial charge in [0.1, 0.15) is 0 Å². The number of hydrogen-bond donors (Lipinski definition) is 1. The summed E-state index contributed by atoms with van der Waals surface area (Å²) >= 11 is 0. The van der Waals surface area contributed by atoms with E-state index >= 15 is 0 Å². The van der Waals surface area contributed by atoms with Crippen LogP contribution in [0.5, 0.6) is 0 Å². The zero-order valence-electron chi connectivity index (χ0n) is 14.2. The Hall–Kier alpha value is -1.93. The third-order valence-corrected chi connectivity index (χ3v) is 5.74. The highest BCUT2D eigenvalue weighted by atomic mass is 32.2. The van der Waals surface area contributed by atoms with Gasteiger partial charge in [0.2, 0.25) is 10.0 Å². The molecule has 1 amide bonds. The van der Waals surface area contributed by atoms with Crippen LogP contribution in [0, 0.1) is 0 Å². The number of aliphatic carboxylic acids is 1. The van der Waals surface area contributed by atoms with Crippen molar-refractivity contribution < 1.29 is 23.1 Å². The molecule has 1 aromatic rings. The molecule has 7 nitrogen and oxygen atoms in total. The topological polar surface area (TPSA) is 95.0 Å². The summed E-state index contributed by atoms with van der Waals surface area (Å²) < 4.78 is 26.1. The highest BCUT2D eigenvalue weighted by Crippen LogP contribution is 2.17. The highest BCUT2D eigenvalue weighted by molar-refractivity contribution is 7.89. The van der Waals surface area contributed by atoms with Crippen LogP contribution in [0.2, 0.25) is 0 Å². The Labute approximate surface area is 142 Å². The minimum absolute atomic E-state index is 0.00132. The van der Waals surface area contributed by atoms with Gasteiger partial charge in [0.05, 0.1) is 4.90 Å². The van der Waals surface area contributed by atoms with Crippen LogP contribution in [0.1, 0.15) is 37.0 Å². The molecule has 134 valence electrons. The second kappa shape index (κ2) is 8.79. The lowest BCUT2D eigenvalue weighted by Crippen LogP contribution is -2.31. The van der Waals surface area contributed by atoms with Gasteiger partial charge in [-0.1, -0.05) is 13.8 Å². The highest BCUT2D eigenvalue weighted by Gasteiger charge is 2.22. The van der Waals surface area contributed by atoms with Crippen LogP contribution in [0.3, 0.4) is 0 Å². The second-order valence-electron chi connectivity index (χ2n) is 5.34. The van der Waals surface area contributed by atoms with E-state index in [1.54, 1.807) is 20.9 Å². The third-order valence-electron chi connectivity index (χ3n) is 3.68. The molecule has 8 heteroatoms. The largest absolute Gasteiger partial charge is 0.481 e. The molecule has 1 rings (SSSR count). The molecule has 0 bridgehead atoms. The number of hydrogen-bond acceptors (Lipinski definition) is 4. The molecule has 0 aliphatic heterocycles. The molecule has 1 N–H and O–H groups in total. The van der Waals surface area contributed by atoms with E-state index in [2.05, 4.69) is 0 Å². The summed E-state index contributed by atoms with van der Waals surface area (Å²) in [7, 11) is -1.96. The maximum absolute atomic E-state index is 12.4. The van der Waals surface area contributed by atoms with Crippen LogP contribution in [-0.2, 0) is 14.8 Å². The van der Waals surface area contributed by atoms with Crippen LogP contribution in [0.15, 0.2) is 29.2 Å². The first kappa shape index (κ1) is 20.1. The zero-order valence-corrected chi connectivity index (χ0v) is 15.0. The van der Waals surface area contributed by atoms with Gasteiger partial charge in [0.25, 0.3) is 5.91 Å². The molecule has 1 aromatic carbocycles. The molecule has 0 spiro atoms. The minimum Gasteiger partial charge on any atom is -0.481 e. The molecule has 0 aliphatic rings. The van der Waals surface area contributed by atoms with Crippen molar-refractivity contribution in [2.75, 3.05) is 26.7 Å². The van der Waals surface area contributed by atoms with E-state index in [-0.39, 0.29) is 17.2 Å². The fourth-order valence-electron chi connectivity index (χ4n) is 2.27. The number of carboxylic acids is 1. The number of carboxylic acid groups (broad SMARTS) is 1. The van der Waals surface area contributed by atoms with Crippen LogP contribution < -0.4 is 0 Å². The van der Waals surface area contributed by atoms with Crippen LogP contribution in [0.25, 0.3) is 0 Å². The van der Waals surface area contributed by atoms with Crippen LogP contribution in [-0.4, -0.2) is 61.3 Å². The van der Waals surface area contributed by atoms with Crippen molar-refractivity contribution in [2.24, 2.45) is 0 Å². The maximum atomic E-state index is 12.4. The average Bonchev–Trinajstić information content (AvgIpc) is 2.54. The van der Waals surface area contributed by atoms with Crippen molar-refractivity contribution in [2.45, 2.75) is 31.6 Å². The van der Waals surface area contributed by atoms with Gasteiger partial charge in [-0.2, -0.15) is 4.31 Å². The molecule has 0 atom stereocenters. The number of rotatable bonds is 9. The lowest BCUT2D eigenvalue weighted by molar-refractivity contribution is -0.137. The van der Waals surface area contributed by atoms with Gasteiger partial charge in [-0.05, 0) is 30.7 Å². The Balaban J connectivity index is 2.83. The molecular formula is C16H24N2O5S. The Morgan fingerprint density at radius 2 is 1.62 bits per heavy atom. The number of amides is 1. The first-order chi connectivity index (χ1) is 11.2. The van der Waals surface area contributed by atoms with E-state index in [9.17, 15) is 18.0 Å². The number of nitrogens with zero attached hydrogens (tertiary/aromatic N) is 2. The Morgan fingerprint density at radius 1 is 1.08 bits per heavy atom. The summed E-state index contributed by atoms with van der Waals surface area (Å²) in [5.41, 5.74) is 0.367. The molecule has 0 aliphatic carbocycles. The van der Waals surface area contributed by atoms with Crippen molar-refractivity contribution in [3.63, 3.8) is 0 Å². The van der Waals surface area contributed by atoms with Gasteiger partial charge in [-0.15, -0.1) is 0 Å². The summed E-state index contributed by atoms with van der Waals surface area (Å²) in [5.74, 6) is -1.17. The Morgan fingerprint density at radius 3 is 2.08 bits per heavy atom. The second-order valence-corrected chi connectivity index (χ2v) is 7.28. The summed E-state index contributed by atoms with van der Waals surface area (Å²) in [4.78, 5) is 24.3. The molecule has 0 saturated heterocycles. The van der Waals surface area contributed by atoms with E-state index < -0.39 is 16.0 Å². The lowest BCUT2D eigenvalue weighted by atomic mass is 10.2. The van der Waals surface area contributed by atoms with Gasteiger partial charge < -0.3 is 10.0 Å². The summed E-state index contributed by atoms with van der Waals surface area (Å²) in [5, 5.41) is 8.61. The number of sulfonamides is 1. The molecule has 0 aromatic heterocycles. The molecule has 0 fully saturated rings. The number of carbonyl (C=O) groups excluding carboxylic acids is 1. The van der Waals surface area contributed by atoms with E-state index in [0.717, 1.165) is 0 Å². The first-order valence-corrected chi connectivity index (χ1v) is 9.25. The minimum atomic E-state index is -3.54. The smallest absolute Gasteiger partial charge is 0.303 e. The van der Waals surface area contributed by atoms with Gasteiger partial charge in [0.15, 0.2) is 0 Å². The fraction of sp³-hybridized carbons (Fsp3) is 0.500. The molecule has 24 heavy (non-hydrogen) atoms. The SMILES string of the molecule is CCN(CC)S(=O)(=O)c1ccc(C(=O)N(C)CCCC(=O)O)cc1. The van der Waals surface area contributed by atoms with Crippen molar-refractivity contribution in [3.05, 3.63) is 29.8 Å². The molecule has 0 radical (unpaired) electrons. The maximum Gasteiger partial charge on any atom is 0.303 e. The van der Waals surface area contributed by atoms with Crippen molar-refractivity contribution in [1.29, 1.82) is 0 Å². The predicted molar refractivity (Wildman–Crippen MR) is 90.4 cm³/mol. The Kier molecular flexibility index (Phi) is 7.37. The number of benzene rings is 1. The predicted octanol–water partition coefficient (Wildman–Crippen LogP) is 1.65. The lowest BCUT2D eigenvalue weighted by Gasteiger charge is -2.19. The van der Waals surface area contributed by atoms with E-state index in [1.165, 1.54) is 33.5 Å². The Bertz CT molecular complexity index is 666. The molecule has 0 unspecified atom stereocenters. The van der Waals surface area contributed by atoms with Crippen molar-refractivity contribution >= 4 is 21.9 Å². The van der Waals surface area contributed by atoms with E-state index in [0.29, 0.717) is 31.6 Å². The quantitative estimate of drug-likeness (QED) is 0.726. The van der Waals surface area contributed by atoms with Crippen LogP contribution >= 0.6 is 0 Å². The summed E-state index contributed by atoms with van der Waals surface area (Å²) in [6.07, 6.45) is 0.366. The third kappa shape index (κ3) is 5.04. The van der Waals surface area contributed by atoms with E-state index in [4.69, 9.17) is 5.11 Å². The van der Waals surface area contributed by atoms with E-state index in [1.807, 2.05) is 0 Å².